The third-order valence-corrected chi connectivity index (χ3v) is 5.45. The van der Waals surface area contributed by atoms with Crippen LogP contribution in [0.25, 0.3) is 0 Å². The van der Waals surface area contributed by atoms with E-state index in [1.165, 1.54) is 23.5 Å². The summed E-state index contributed by atoms with van der Waals surface area (Å²) in [6, 6.07) is 7.95. The molecule has 8 heteroatoms. The van der Waals surface area contributed by atoms with Crippen molar-refractivity contribution < 1.29 is 13.9 Å². The molecule has 3 rings (SSSR count). The molecule has 1 heterocycles. The van der Waals surface area contributed by atoms with Gasteiger partial charge in [-0.1, -0.05) is 33.6 Å². The number of nitrogens with zero attached hydrogens (tertiary/aromatic N) is 1. The summed E-state index contributed by atoms with van der Waals surface area (Å²) in [5.74, 6) is 0.806. The fourth-order valence-corrected chi connectivity index (χ4v) is 3.53. The van der Waals surface area contributed by atoms with E-state index in [-0.39, 0.29) is 12.4 Å². The number of hydrogen-bond donors (Lipinski definition) is 1. The van der Waals surface area contributed by atoms with Crippen LogP contribution in [-0.2, 0) is 13.2 Å². The Hall–Kier alpha value is -1.83. The molecule has 0 bridgehead atoms. The van der Waals surface area contributed by atoms with Crippen LogP contribution in [-0.4, -0.2) is 12.1 Å². The number of hydrogen-bond acceptors (Lipinski definition) is 5. The van der Waals surface area contributed by atoms with Gasteiger partial charge in [-0.3, -0.25) is 0 Å². The van der Waals surface area contributed by atoms with Crippen molar-refractivity contribution in [1.82, 2.24) is 4.98 Å². The summed E-state index contributed by atoms with van der Waals surface area (Å²) in [6.45, 7) is 0.688. The Morgan fingerprint density at radius 2 is 2.15 bits per heavy atom. The molecule has 1 N–H and O–H groups in total. The molecule has 0 radical (unpaired) electrons. The normalized spacial score (nSPS) is 10.6. The van der Waals surface area contributed by atoms with E-state index < -0.39 is 0 Å². The van der Waals surface area contributed by atoms with Crippen molar-refractivity contribution in [3.05, 3.63) is 68.3 Å². The maximum atomic E-state index is 13.2. The van der Waals surface area contributed by atoms with E-state index in [2.05, 4.69) is 26.2 Å². The molecule has 0 aliphatic heterocycles. The molecule has 26 heavy (non-hydrogen) atoms. The highest BCUT2D eigenvalue weighted by atomic mass is 79.9. The summed E-state index contributed by atoms with van der Waals surface area (Å²) in [5, 5.41) is 6.29. The van der Waals surface area contributed by atoms with E-state index in [1.54, 1.807) is 19.4 Å². The Balaban J connectivity index is 1.84. The number of halogens is 3. The standard InChI is InChI=1S/C18H15BrClFN2O2S/c1-24-16-5-4-14(19)13(9-23-18-22-6-7-26-18)17(16)25-10-11-2-3-12(21)8-15(11)20/h2-8H,9-10H2,1H3,(H,22,23). The lowest BCUT2D eigenvalue weighted by atomic mass is 10.1. The highest BCUT2D eigenvalue weighted by Crippen LogP contribution is 2.37. The average Bonchev–Trinajstić information content (AvgIpc) is 3.14. The van der Waals surface area contributed by atoms with Gasteiger partial charge >= 0.3 is 0 Å². The van der Waals surface area contributed by atoms with Crippen molar-refractivity contribution in [3.8, 4) is 11.5 Å². The first-order valence-electron chi connectivity index (χ1n) is 7.64. The smallest absolute Gasteiger partial charge is 0.182 e. The van der Waals surface area contributed by atoms with E-state index in [4.69, 9.17) is 21.1 Å². The van der Waals surface area contributed by atoms with Gasteiger partial charge in [0.05, 0.1) is 12.1 Å². The van der Waals surface area contributed by atoms with E-state index in [1.807, 2.05) is 17.5 Å². The molecular formula is C18H15BrClFN2O2S. The second kappa shape index (κ2) is 8.70. The molecule has 0 atom stereocenters. The number of ether oxygens (including phenoxy) is 2. The zero-order valence-electron chi connectivity index (χ0n) is 13.8. The Kier molecular flexibility index (Phi) is 6.34. The summed E-state index contributed by atoms with van der Waals surface area (Å²) in [5.41, 5.74) is 1.58. The second-order valence-corrected chi connectivity index (χ2v) is 7.43. The lowest BCUT2D eigenvalue weighted by Crippen LogP contribution is -2.06. The minimum Gasteiger partial charge on any atom is -0.493 e. The first-order chi connectivity index (χ1) is 12.6. The predicted molar refractivity (Wildman–Crippen MR) is 106 cm³/mol. The molecule has 0 fully saturated rings. The number of methoxy groups -OCH3 is 1. The molecule has 0 spiro atoms. The molecule has 1 aromatic heterocycles. The monoisotopic (exact) mass is 456 g/mol. The van der Waals surface area contributed by atoms with Crippen LogP contribution in [0.15, 0.2) is 46.4 Å². The number of aromatic nitrogens is 1. The minimum absolute atomic E-state index is 0.191. The van der Waals surface area contributed by atoms with Gasteiger partial charge in [-0.25, -0.2) is 9.37 Å². The van der Waals surface area contributed by atoms with Crippen LogP contribution in [0.4, 0.5) is 9.52 Å². The zero-order valence-corrected chi connectivity index (χ0v) is 16.9. The van der Waals surface area contributed by atoms with Gasteiger partial charge in [0.25, 0.3) is 0 Å². The van der Waals surface area contributed by atoms with Crippen LogP contribution < -0.4 is 14.8 Å². The second-order valence-electron chi connectivity index (χ2n) is 5.27. The highest BCUT2D eigenvalue weighted by Gasteiger charge is 2.16. The molecule has 3 aromatic rings. The van der Waals surface area contributed by atoms with E-state index in [0.29, 0.717) is 28.6 Å². The topological polar surface area (TPSA) is 43.4 Å². The van der Waals surface area contributed by atoms with Gasteiger partial charge in [0.1, 0.15) is 12.4 Å². The lowest BCUT2D eigenvalue weighted by Gasteiger charge is -2.17. The SMILES string of the molecule is COc1ccc(Br)c(CNc2nccs2)c1OCc1ccc(F)cc1Cl. The summed E-state index contributed by atoms with van der Waals surface area (Å²) < 4.78 is 25.5. The molecule has 0 unspecified atom stereocenters. The van der Waals surface area contributed by atoms with Gasteiger partial charge in [0.2, 0.25) is 0 Å². The maximum Gasteiger partial charge on any atom is 0.182 e. The van der Waals surface area contributed by atoms with E-state index in [9.17, 15) is 4.39 Å². The number of thiazole rings is 1. The fraction of sp³-hybridized carbons (Fsp3) is 0.167. The van der Waals surface area contributed by atoms with E-state index in [0.717, 1.165) is 15.2 Å². The molecule has 0 amide bonds. The van der Waals surface area contributed by atoms with Crippen molar-refractivity contribution in [2.75, 3.05) is 12.4 Å². The molecule has 0 saturated heterocycles. The van der Waals surface area contributed by atoms with Crippen LogP contribution in [0.3, 0.4) is 0 Å². The predicted octanol–water partition coefficient (Wildman–Crippen LogP) is 5.90. The van der Waals surface area contributed by atoms with Crippen molar-refractivity contribution in [2.24, 2.45) is 0 Å². The molecular weight excluding hydrogens is 443 g/mol. The summed E-state index contributed by atoms with van der Waals surface area (Å²) in [7, 11) is 1.58. The van der Waals surface area contributed by atoms with Gasteiger partial charge < -0.3 is 14.8 Å². The van der Waals surface area contributed by atoms with Gasteiger partial charge in [0.15, 0.2) is 16.6 Å². The van der Waals surface area contributed by atoms with Crippen molar-refractivity contribution in [1.29, 1.82) is 0 Å². The molecule has 136 valence electrons. The van der Waals surface area contributed by atoms with Crippen molar-refractivity contribution in [2.45, 2.75) is 13.2 Å². The third kappa shape index (κ3) is 4.47. The number of nitrogens with one attached hydrogen (secondary N) is 1. The lowest BCUT2D eigenvalue weighted by molar-refractivity contribution is 0.281. The van der Waals surface area contributed by atoms with Crippen molar-refractivity contribution in [3.63, 3.8) is 0 Å². The minimum atomic E-state index is -0.382. The first-order valence-corrected chi connectivity index (χ1v) is 9.69. The molecule has 0 aliphatic rings. The summed E-state index contributed by atoms with van der Waals surface area (Å²) in [6.07, 6.45) is 1.74. The third-order valence-electron chi connectivity index (χ3n) is 3.62. The highest BCUT2D eigenvalue weighted by molar-refractivity contribution is 9.10. The van der Waals surface area contributed by atoms with Crippen LogP contribution in [0.5, 0.6) is 11.5 Å². The zero-order chi connectivity index (χ0) is 18.5. The molecule has 0 aliphatic carbocycles. The quantitative estimate of drug-likeness (QED) is 0.480. The van der Waals surface area contributed by atoms with Crippen LogP contribution in [0.1, 0.15) is 11.1 Å². The molecule has 0 saturated carbocycles. The Bertz CT molecular complexity index is 893. The van der Waals surface area contributed by atoms with Crippen LogP contribution in [0.2, 0.25) is 5.02 Å². The average molecular weight is 458 g/mol. The fourth-order valence-electron chi connectivity index (χ4n) is 2.33. The number of anilines is 1. The van der Waals surface area contributed by atoms with Crippen molar-refractivity contribution >= 4 is 44.0 Å². The summed E-state index contributed by atoms with van der Waals surface area (Å²) >= 11 is 11.2. The Morgan fingerprint density at radius 3 is 2.85 bits per heavy atom. The number of rotatable bonds is 7. The largest absolute Gasteiger partial charge is 0.493 e. The Labute approximate surface area is 168 Å². The number of benzene rings is 2. The van der Waals surface area contributed by atoms with Gasteiger partial charge in [0, 0.05) is 33.7 Å². The van der Waals surface area contributed by atoms with Gasteiger partial charge in [-0.2, -0.15) is 0 Å². The molecule has 2 aromatic carbocycles. The first kappa shape index (κ1) is 18.9. The molecule has 4 nitrogen and oxygen atoms in total. The van der Waals surface area contributed by atoms with E-state index >= 15 is 0 Å². The van der Waals surface area contributed by atoms with Crippen LogP contribution in [0, 0.1) is 5.82 Å². The van der Waals surface area contributed by atoms with Crippen LogP contribution >= 0.6 is 38.9 Å². The van der Waals surface area contributed by atoms with Gasteiger partial charge in [-0.15, -0.1) is 11.3 Å². The maximum absolute atomic E-state index is 13.2. The Morgan fingerprint density at radius 1 is 1.31 bits per heavy atom. The van der Waals surface area contributed by atoms with Gasteiger partial charge in [-0.05, 0) is 24.3 Å². The summed E-state index contributed by atoms with van der Waals surface area (Å²) in [4.78, 5) is 4.21.